The zero-order chi connectivity index (χ0) is 12.1. The topological polar surface area (TPSA) is 59.2 Å². The van der Waals surface area contributed by atoms with Gasteiger partial charge in [-0.15, -0.1) is 0 Å². The molecular formula is C12H19N3O. The Kier molecular flexibility index (Phi) is 4.43. The largest absolute Gasteiger partial charge is 0.342 e. The highest BCUT2D eigenvalue weighted by Gasteiger charge is 2.11. The van der Waals surface area contributed by atoms with Gasteiger partial charge in [-0.2, -0.15) is 0 Å². The first-order chi connectivity index (χ1) is 7.50. The van der Waals surface area contributed by atoms with E-state index in [4.69, 9.17) is 5.73 Å². The number of rotatable bonds is 4. The van der Waals surface area contributed by atoms with Crippen LogP contribution in [-0.4, -0.2) is 35.4 Å². The van der Waals surface area contributed by atoms with Gasteiger partial charge in [0.2, 0.25) is 0 Å². The summed E-state index contributed by atoms with van der Waals surface area (Å²) in [6.07, 6.45) is 2.47. The Morgan fingerprint density at radius 1 is 1.62 bits per heavy atom. The van der Waals surface area contributed by atoms with E-state index < -0.39 is 0 Å². The molecule has 1 aromatic rings. The lowest BCUT2D eigenvalue weighted by Crippen LogP contribution is -2.31. The summed E-state index contributed by atoms with van der Waals surface area (Å²) in [7, 11) is 1.79. The van der Waals surface area contributed by atoms with E-state index in [2.05, 4.69) is 4.98 Å². The Morgan fingerprint density at radius 3 is 2.88 bits per heavy atom. The van der Waals surface area contributed by atoms with Crippen LogP contribution in [0.4, 0.5) is 0 Å². The van der Waals surface area contributed by atoms with E-state index in [1.807, 2.05) is 13.8 Å². The van der Waals surface area contributed by atoms with Crippen molar-refractivity contribution in [1.82, 2.24) is 9.88 Å². The molecule has 0 aliphatic heterocycles. The van der Waals surface area contributed by atoms with E-state index in [0.29, 0.717) is 12.1 Å². The molecular weight excluding hydrogens is 202 g/mol. The lowest BCUT2D eigenvalue weighted by Gasteiger charge is -2.18. The molecule has 2 N–H and O–H groups in total. The maximum atomic E-state index is 12.0. The lowest BCUT2D eigenvalue weighted by atomic mass is 10.2. The van der Waals surface area contributed by atoms with Crippen molar-refractivity contribution in [2.24, 2.45) is 5.73 Å². The number of nitrogens with two attached hydrogens (primary N) is 1. The van der Waals surface area contributed by atoms with E-state index in [1.54, 1.807) is 30.3 Å². The third-order valence-electron chi connectivity index (χ3n) is 2.41. The van der Waals surface area contributed by atoms with E-state index >= 15 is 0 Å². The molecule has 1 heterocycles. The van der Waals surface area contributed by atoms with Gasteiger partial charge in [0.25, 0.3) is 5.91 Å². The van der Waals surface area contributed by atoms with E-state index in [1.165, 1.54) is 0 Å². The molecule has 0 saturated heterocycles. The molecule has 0 saturated carbocycles. The minimum atomic E-state index is 0.0196. The number of aryl methyl sites for hydroxylation is 1. The van der Waals surface area contributed by atoms with Gasteiger partial charge in [0.05, 0.1) is 0 Å². The van der Waals surface area contributed by atoms with Crippen LogP contribution < -0.4 is 5.73 Å². The van der Waals surface area contributed by atoms with Crippen LogP contribution in [0.25, 0.3) is 0 Å². The van der Waals surface area contributed by atoms with Crippen molar-refractivity contribution in [1.29, 1.82) is 0 Å². The fourth-order valence-corrected chi connectivity index (χ4v) is 1.40. The van der Waals surface area contributed by atoms with Gasteiger partial charge in [-0.3, -0.25) is 9.78 Å². The number of carbonyl (C=O) groups is 1. The Balaban J connectivity index is 2.63. The number of hydrogen-bond acceptors (Lipinski definition) is 3. The van der Waals surface area contributed by atoms with E-state index in [9.17, 15) is 4.79 Å². The third-order valence-corrected chi connectivity index (χ3v) is 2.41. The zero-order valence-electron chi connectivity index (χ0n) is 10.1. The van der Waals surface area contributed by atoms with Crippen LogP contribution in [0.15, 0.2) is 18.3 Å². The van der Waals surface area contributed by atoms with Crippen molar-refractivity contribution < 1.29 is 4.79 Å². The Bertz CT molecular complexity index is 363. The first-order valence-corrected chi connectivity index (χ1v) is 5.44. The highest BCUT2D eigenvalue weighted by atomic mass is 16.2. The molecule has 1 unspecified atom stereocenters. The number of nitrogens with zero attached hydrogens (tertiary/aromatic N) is 2. The van der Waals surface area contributed by atoms with Gasteiger partial charge in [-0.05, 0) is 32.4 Å². The summed E-state index contributed by atoms with van der Waals surface area (Å²) in [6, 6.07) is 3.65. The van der Waals surface area contributed by atoms with E-state index in [-0.39, 0.29) is 11.9 Å². The van der Waals surface area contributed by atoms with Crippen LogP contribution in [0.2, 0.25) is 0 Å². The SMILES string of the molecule is Cc1cc(C(=O)N(C)CCC(C)N)ccn1. The number of hydrogen-bond donors (Lipinski definition) is 1. The minimum absolute atomic E-state index is 0.0196. The highest BCUT2D eigenvalue weighted by Crippen LogP contribution is 2.05. The molecule has 1 aromatic heterocycles. The second-order valence-corrected chi connectivity index (χ2v) is 4.18. The molecule has 0 spiro atoms. The van der Waals surface area contributed by atoms with Crippen molar-refractivity contribution in [3.63, 3.8) is 0 Å². The number of aromatic nitrogens is 1. The van der Waals surface area contributed by atoms with Crippen LogP contribution in [0.1, 0.15) is 29.4 Å². The van der Waals surface area contributed by atoms with Crippen LogP contribution in [0.3, 0.4) is 0 Å². The van der Waals surface area contributed by atoms with Crippen LogP contribution in [0, 0.1) is 6.92 Å². The second-order valence-electron chi connectivity index (χ2n) is 4.18. The van der Waals surface area contributed by atoms with Gasteiger partial charge >= 0.3 is 0 Å². The van der Waals surface area contributed by atoms with Crippen molar-refractivity contribution in [2.75, 3.05) is 13.6 Å². The maximum absolute atomic E-state index is 12.0. The summed E-state index contributed by atoms with van der Waals surface area (Å²) in [4.78, 5) is 17.7. The smallest absolute Gasteiger partial charge is 0.253 e. The Morgan fingerprint density at radius 2 is 2.31 bits per heavy atom. The molecule has 0 aliphatic rings. The minimum Gasteiger partial charge on any atom is -0.342 e. The fourth-order valence-electron chi connectivity index (χ4n) is 1.40. The molecule has 88 valence electrons. The van der Waals surface area contributed by atoms with Gasteiger partial charge < -0.3 is 10.6 Å². The summed E-state index contributed by atoms with van der Waals surface area (Å²) in [5.74, 6) is 0.0196. The highest BCUT2D eigenvalue weighted by molar-refractivity contribution is 5.94. The molecule has 4 nitrogen and oxygen atoms in total. The molecule has 0 aliphatic carbocycles. The van der Waals surface area contributed by atoms with Crippen molar-refractivity contribution in [2.45, 2.75) is 26.3 Å². The predicted molar refractivity (Wildman–Crippen MR) is 64.2 cm³/mol. The van der Waals surface area contributed by atoms with Gasteiger partial charge in [0.15, 0.2) is 0 Å². The van der Waals surface area contributed by atoms with E-state index in [0.717, 1.165) is 12.1 Å². The molecule has 0 fully saturated rings. The molecule has 4 heteroatoms. The summed E-state index contributed by atoms with van der Waals surface area (Å²) in [5.41, 5.74) is 7.19. The van der Waals surface area contributed by atoms with Crippen molar-refractivity contribution in [3.8, 4) is 0 Å². The van der Waals surface area contributed by atoms with Crippen LogP contribution >= 0.6 is 0 Å². The van der Waals surface area contributed by atoms with Crippen molar-refractivity contribution in [3.05, 3.63) is 29.6 Å². The van der Waals surface area contributed by atoms with Gasteiger partial charge in [-0.1, -0.05) is 0 Å². The van der Waals surface area contributed by atoms with Crippen LogP contribution in [0.5, 0.6) is 0 Å². The first-order valence-electron chi connectivity index (χ1n) is 5.44. The number of carbonyl (C=O) groups excluding carboxylic acids is 1. The second kappa shape index (κ2) is 5.61. The predicted octanol–water partition coefficient (Wildman–Crippen LogP) is 1.20. The number of amides is 1. The molecule has 0 radical (unpaired) electrons. The van der Waals surface area contributed by atoms with Gasteiger partial charge in [0, 0.05) is 37.1 Å². The fraction of sp³-hybridized carbons (Fsp3) is 0.500. The third kappa shape index (κ3) is 3.62. The standard InChI is InChI=1S/C12H19N3O/c1-9(13)5-7-15(3)12(16)11-4-6-14-10(2)8-11/h4,6,8-9H,5,7,13H2,1-3H3. The Labute approximate surface area is 96.5 Å². The Hall–Kier alpha value is -1.42. The van der Waals surface area contributed by atoms with Gasteiger partial charge in [-0.25, -0.2) is 0 Å². The molecule has 0 aromatic carbocycles. The zero-order valence-corrected chi connectivity index (χ0v) is 10.1. The monoisotopic (exact) mass is 221 g/mol. The lowest BCUT2D eigenvalue weighted by molar-refractivity contribution is 0.0791. The first kappa shape index (κ1) is 12.6. The van der Waals surface area contributed by atoms with Crippen LogP contribution in [-0.2, 0) is 0 Å². The average molecular weight is 221 g/mol. The average Bonchev–Trinajstić information content (AvgIpc) is 2.24. The maximum Gasteiger partial charge on any atom is 0.253 e. The normalized spacial score (nSPS) is 12.2. The molecule has 1 amide bonds. The number of pyridine rings is 1. The summed E-state index contributed by atoms with van der Waals surface area (Å²) < 4.78 is 0. The summed E-state index contributed by atoms with van der Waals surface area (Å²) >= 11 is 0. The quantitative estimate of drug-likeness (QED) is 0.831. The summed E-state index contributed by atoms with van der Waals surface area (Å²) in [6.45, 7) is 4.49. The molecule has 16 heavy (non-hydrogen) atoms. The molecule has 1 atom stereocenters. The summed E-state index contributed by atoms with van der Waals surface area (Å²) in [5, 5.41) is 0. The van der Waals surface area contributed by atoms with Gasteiger partial charge in [0.1, 0.15) is 0 Å². The van der Waals surface area contributed by atoms with Crippen molar-refractivity contribution >= 4 is 5.91 Å². The molecule has 0 bridgehead atoms. The molecule has 1 rings (SSSR count).